The second kappa shape index (κ2) is 12.1. The van der Waals surface area contributed by atoms with Crippen LogP contribution < -0.4 is 10.6 Å². The van der Waals surface area contributed by atoms with Gasteiger partial charge >= 0.3 is 0 Å². The normalized spacial score (nSPS) is 12.8. The van der Waals surface area contributed by atoms with Crippen molar-refractivity contribution in [3.63, 3.8) is 0 Å². The first kappa shape index (κ1) is 21.0. The van der Waals surface area contributed by atoms with E-state index in [2.05, 4.69) is 46.7 Å². The maximum absolute atomic E-state index is 9.21. The Bertz CT molecular complexity index is 662. The summed E-state index contributed by atoms with van der Waals surface area (Å²) in [5.74, 6) is 1.28. The van der Waals surface area contributed by atoms with Gasteiger partial charge in [-0.3, -0.25) is 4.68 Å². The molecule has 0 amide bonds. The Kier molecular flexibility index (Phi) is 9.41. The van der Waals surface area contributed by atoms with E-state index in [4.69, 9.17) is 0 Å². The Morgan fingerprint density at radius 1 is 1.15 bits per heavy atom. The summed E-state index contributed by atoms with van der Waals surface area (Å²) < 4.78 is 1.94. The van der Waals surface area contributed by atoms with Crippen molar-refractivity contribution in [3.8, 4) is 0 Å². The van der Waals surface area contributed by atoms with Gasteiger partial charge in [0.1, 0.15) is 0 Å². The van der Waals surface area contributed by atoms with Gasteiger partial charge in [-0.05, 0) is 31.2 Å². The van der Waals surface area contributed by atoms with Crippen LogP contribution in [0.25, 0.3) is 0 Å². The second-order valence-corrected chi connectivity index (χ2v) is 6.77. The molecule has 0 saturated heterocycles. The fourth-order valence-corrected chi connectivity index (χ4v) is 3.04. The first-order chi connectivity index (χ1) is 13.2. The summed E-state index contributed by atoms with van der Waals surface area (Å²) >= 11 is 0. The third-order valence-corrected chi connectivity index (χ3v) is 4.43. The standard InChI is InChI=1S/C21H33N5O/c1-3-8-18(11-12-27)13-23-21(22-4-2)24-14-20-15-25-26(17-20)16-19-9-6-5-7-10-19/h5-7,9-10,15,17-18,27H,3-4,8,11-14,16H2,1-2H3,(H2,22,23,24). The number of hydrogen-bond acceptors (Lipinski definition) is 3. The highest BCUT2D eigenvalue weighted by Crippen LogP contribution is 2.09. The van der Waals surface area contributed by atoms with E-state index in [1.165, 1.54) is 5.56 Å². The topological polar surface area (TPSA) is 74.5 Å². The van der Waals surface area contributed by atoms with Crippen molar-refractivity contribution in [2.45, 2.75) is 46.2 Å². The Labute approximate surface area is 162 Å². The van der Waals surface area contributed by atoms with Gasteiger partial charge in [-0.25, -0.2) is 4.99 Å². The maximum Gasteiger partial charge on any atom is 0.191 e. The maximum atomic E-state index is 9.21. The molecule has 6 nitrogen and oxygen atoms in total. The lowest BCUT2D eigenvalue weighted by atomic mass is 10.0. The molecule has 3 N–H and O–H groups in total. The average Bonchev–Trinajstić information content (AvgIpc) is 3.12. The van der Waals surface area contributed by atoms with Crippen LogP contribution in [0, 0.1) is 5.92 Å². The molecule has 1 heterocycles. The van der Waals surface area contributed by atoms with Crippen LogP contribution in [0.3, 0.4) is 0 Å². The molecule has 0 fully saturated rings. The van der Waals surface area contributed by atoms with Crippen LogP contribution in [-0.4, -0.2) is 40.5 Å². The molecule has 0 bridgehead atoms. The number of benzene rings is 1. The molecule has 27 heavy (non-hydrogen) atoms. The molecule has 148 valence electrons. The zero-order chi connectivity index (χ0) is 19.3. The number of nitrogens with one attached hydrogen (secondary N) is 2. The van der Waals surface area contributed by atoms with E-state index in [0.717, 1.165) is 50.4 Å². The van der Waals surface area contributed by atoms with Gasteiger partial charge in [0.2, 0.25) is 0 Å². The van der Waals surface area contributed by atoms with E-state index < -0.39 is 0 Å². The zero-order valence-electron chi connectivity index (χ0n) is 16.6. The highest BCUT2D eigenvalue weighted by molar-refractivity contribution is 5.79. The van der Waals surface area contributed by atoms with Gasteiger partial charge in [-0.2, -0.15) is 5.10 Å². The molecule has 2 aromatic rings. The SMILES string of the molecule is CCCC(CCO)CNC(=NCc1cnn(Cc2ccccc2)c1)NCC. The lowest BCUT2D eigenvalue weighted by Crippen LogP contribution is -2.40. The van der Waals surface area contributed by atoms with Crippen LogP contribution >= 0.6 is 0 Å². The number of aliphatic hydroxyl groups excluding tert-OH is 1. The van der Waals surface area contributed by atoms with E-state index >= 15 is 0 Å². The highest BCUT2D eigenvalue weighted by Gasteiger charge is 2.08. The van der Waals surface area contributed by atoms with Crippen molar-refractivity contribution in [1.82, 2.24) is 20.4 Å². The number of aromatic nitrogens is 2. The van der Waals surface area contributed by atoms with Crippen LogP contribution in [-0.2, 0) is 13.1 Å². The van der Waals surface area contributed by atoms with Crippen LogP contribution in [0.15, 0.2) is 47.7 Å². The molecular formula is C21H33N5O. The molecule has 0 aliphatic heterocycles. The minimum atomic E-state index is 0.237. The fraction of sp³-hybridized carbons (Fsp3) is 0.524. The number of rotatable bonds is 11. The van der Waals surface area contributed by atoms with Crippen molar-refractivity contribution >= 4 is 5.96 Å². The smallest absolute Gasteiger partial charge is 0.191 e. The molecule has 1 aromatic carbocycles. The summed E-state index contributed by atoms with van der Waals surface area (Å²) in [5.41, 5.74) is 2.32. The minimum Gasteiger partial charge on any atom is -0.396 e. The summed E-state index contributed by atoms with van der Waals surface area (Å²) in [6, 6.07) is 10.3. The molecule has 2 rings (SSSR count). The lowest BCUT2D eigenvalue weighted by Gasteiger charge is -2.18. The summed E-state index contributed by atoms with van der Waals surface area (Å²) in [5, 5.41) is 20.3. The van der Waals surface area contributed by atoms with Crippen LogP contribution in [0.5, 0.6) is 0 Å². The van der Waals surface area contributed by atoms with Crippen molar-refractivity contribution in [2.75, 3.05) is 19.7 Å². The van der Waals surface area contributed by atoms with Gasteiger partial charge in [0.15, 0.2) is 5.96 Å². The van der Waals surface area contributed by atoms with E-state index in [1.807, 2.05) is 35.3 Å². The Hall–Kier alpha value is -2.34. The van der Waals surface area contributed by atoms with Crippen LogP contribution in [0.1, 0.15) is 44.2 Å². The molecule has 0 saturated carbocycles. The number of aliphatic imine (C=N–C) groups is 1. The zero-order valence-corrected chi connectivity index (χ0v) is 16.6. The van der Waals surface area contributed by atoms with Crippen molar-refractivity contribution in [1.29, 1.82) is 0 Å². The molecular weight excluding hydrogens is 338 g/mol. The molecule has 1 aromatic heterocycles. The van der Waals surface area contributed by atoms with Crippen LogP contribution in [0.2, 0.25) is 0 Å². The average molecular weight is 372 g/mol. The number of aliphatic hydroxyl groups is 1. The van der Waals surface area contributed by atoms with Gasteiger partial charge in [-0.15, -0.1) is 0 Å². The van der Waals surface area contributed by atoms with Gasteiger partial charge in [0, 0.05) is 31.5 Å². The highest BCUT2D eigenvalue weighted by atomic mass is 16.3. The third kappa shape index (κ3) is 7.83. The van der Waals surface area contributed by atoms with E-state index in [1.54, 1.807) is 0 Å². The number of guanidine groups is 1. The minimum absolute atomic E-state index is 0.237. The first-order valence-electron chi connectivity index (χ1n) is 9.93. The van der Waals surface area contributed by atoms with Crippen molar-refractivity contribution < 1.29 is 5.11 Å². The van der Waals surface area contributed by atoms with Gasteiger partial charge < -0.3 is 15.7 Å². The van der Waals surface area contributed by atoms with Crippen LogP contribution in [0.4, 0.5) is 0 Å². The monoisotopic (exact) mass is 371 g/mol. The number of nitrogens with zero attached hydrogens (tertiary/aromatic N) is 3. The van der Waals surface area contributed by atoms with Gasteiger partial charge in [0.05, 0.1) is 19.3 Å². The molecule has 0 aliphatic rings. The number of hydrogen-bond donors (Lipinski definition) is 3. The Morgan fingerprint density at radius 2 is 1.96 bits per heavy atom. The first-order valence-corrected chi connectivity index (χ1v) is 9.93. The predicted octanol–water partition coefficient (Wildman–Crippen LogP) is 2.79. The third-order valence-electron chi connectivity index (χ3n) is 4.43. The van der Waals surface area contributed by atoms with Gasteiger partial charge in [-0.1, -0.05) is 43.7 Å². The van der Waals surface area contributed by atoms with Crippen molar-refractivity contribution in [2.24, 2.45) is 10.9 Å². The predicted molar refractivity (Wildman–Crippen MR) is 111 cm³/mol. The molecule has 0 radical (unpaired) electrons. The fourth-order valence-electron chi connectivity index (χ4n) is 3.04. The largest absolute Gasteiger partial charge is 0.396 e. The lowest BCUT2D eigenvalue weighted by molar-refractivity contribution is 0.251. The molecule has 1 atom stereocenters. The summed E-state index contributed by atoms with van der Waals surface area (Å²) in [6.07, 6.45) is 6.99. The van der Waals surface area contributed by atoms with E-state index in [0.29, 0.717) is 12.5 Å². The summed E-state index contributed by atoms with van der Waals surface area (Å²) in [7, 11) is 0. The summed E-state index contributed by atoms with van der Waals surface area (Å²) in [6.45, 7) is 7.47. The van der Waals surface area contributed by atoms with E-state index in [-0.39, 0.29) is 6.61 Å². The Morgan fingerprint density at radius 3 is 2.67 bits per heavy atom. The quantitative estimate of drug-likeness (QED) is 0.419. The Balaban J connectivity index is 1.90. The molecule has 0 aliphatic carbocycles. The van der Waals surface area contributed by atoms with Crippen molar-refractivity contribution in [3.05, 3.63) is 53.9 Å². The molecule has 1 unspecified atom stereocenters. The second-order valence-electron chi connectivity index (χ2n) is 6.77. The molecule has 6 heteroatoms. The van der Waals surface area contributed by atoms with Gasteiger partial charge in [0.25, 0.3) is 0 Å². The van der Waals surface area contributed by atoms with E-state index in [9.17, 15) is 5.11 Å². The molecule has 0 spiro atoms. The summed E-state index contributed by atoms with van der Waals surface area (Å²) in [4.78, 5) is 4.67.